The predicted molar refractivity (Wildman–Crippen MR) is 136 cm³/mol. The lowest BCUT2D eigenvalue weighted by Crippen LogP contribution is -2.49. The summed E-state index contributed by atoms with van der Waals surface area (Å²) in [4.78, 5) is 38.8. The van der Waals surface area contributed by atoms with Crippen LogP contribution in [0.15, 0.2) is 94.6 Å². The molecule has 4 aromatic rings. The summed E-state index contributed by atoms with van der Waals surface area (Å²) < 4.78 is 0. The van der Waals surface area contributed by atoms with E-state index in [0.29, 0.717) is 36.4 Å². The highest BCUT2D eigenvalue weighted by Gasteiger charge is 2.29. The molecule has 34 heavy (non-hydrogen) atoms. The number of H-pyrrole nitrogens is 1. The molecule has 3 aromatic carbocycles. The molecule has 7 heteroatoms. The zero-order valence-corrected chi connectivity index (χ0v) is 19.6. The standard InChI is InChI=1S/C27H26N4O2S/c32-26-22-13-7-8-14-23(22)28-24(29-26)19-30-15-17-31(18-16-30)27(33)25(20-9-3-1-4-10-20)34-21-11-5-2-6-12-21/h1-14,25H,15-19H2,(H,28,29,32). The van der Waals surface area contributed by atoms with Crippen molar-refractivity contribution in [2.75, 3.05) is 26.2 Å². The number of hydrogen-bond acceptors (Lipinski definition) is 5. The van der Waals surface area contributed by atoms with Gasteiger partial charge in [-0.15, -0.1) is 11.8 Å². The van der Waals surface area contributed by atoms with Crippen molar-refractivity contribution in [2.45, 2.75) is 16.7 Å². The van der Waals surface area contributed by atoms with Crippen molar-refractivity contribution < 1.29 is 4.79 Å². The number of nitrogens with zero attached hydrogens (tertiary/aromatic N) is 3. The van der Waals surface area contributed by atoms with E-state index in [-0.39, 0.29) is 16.7 Å². The fourth-order valence-electron chi connectivity index (χ4n) is 4.24. The molecule has 1 saturated heterocycles. The minimum atomic E-state index is -0.284. The molecular weight excluding hydrogens is 444 g/mol. The number of fused-ring (bicyclic) bond motifs is 1. The quantitative estimate of drug-likeness (QED) is 0.430. The first-order chi connectivity index (χ1) is 16.7. The third-order valence-corrected chi connectivity index (χ3v) is 7.30. The van der Waals surface area contributed by atoms with Crippen molar-refractivity contribution in [2.24, 2.45) is 0 Å². The molecule has 0 radical (unpaired) electrons. The molecule has 1 fully saturated rings. The highest BCUT2D eigenvalue weighted by atomic mass is 32.2. The van der Waals surface area contributed by atoms with E-state index in [2.05, 4.69) is 14.9 Å². The van der Waals surface area contributed by atoms with Crippen LogP contribution in [0.5, 0.6) is 0 Å². The lowest BCUT2D eigenvalue weighted by atomic mass is 10.1. The Kier molecular flexibility index (Phi) is 6.74. The first-order valence-corrected chi connectivity index (χ1v) is 12.3. The van der Waals surface area contributed by atoms with E-state index in [9.17, 15) is 9.59 Å². The molecule has 1 N–H and O–H groups in total. The second kappa shape index (κ2) is 10.2. The van der Waals surface area contributed by atoms with Crippen LogP contribution in [-0.4, -0.2) is 51.9 Å². The van der Waals surface area contributed by atoms with Crippen LogP contribution in [0.2, 0.25) is 0 Å². The van der Waals surface area contributed by atoms with Crippen LogP contribution in [0.3, 0.4) is 0 Å². The highest BCUT2D eigenvalue weighted by Crippen LogP contribution is 2.36. The van der Waals surface area contributed by atoms with Gasteiger partial charge < -0.3 is 9.88 Å². The van der Waals surface area contributed by atoms with Gasteiger partial charge in [-0.2, -0.15) is 0 Å². The van der Waals surface area contributed by atoms with Crippen LogP contribution in [0.4, 0.5) is 0 Å². The molecule has 6 nitrogen and oxygen atoms in total. The Morgan fingerprint density at radius 2 is 1.53 bits per heavy atom. The van der Waals surface area contributed by atoms with E-state index in [1.165, 1.54) is 0 Å². The Labute approximate surface area is 202 Å². The van der Waals surface area contributed by atoms with Gasteiger partial charge in [0.25, 0.3) is 5.56 Å². The normalized spacial score (nSPS) is 15.4. The number of para-hydroxylation sites is 1. The summed E-state index contributed by atoms with van der Waals surface area (Å²) >= 11 is 1.60. The Morgan fingerprint density at radius 3 is 2.26 bits per heavy atom. The van der Waals surface area contributed by atoms with Crippen LogP contribution in [0.25, 0.3) is 10.9 Å². The second-order valence-corrected chi connectivity index (χ2v) is 9.53. The molecule has 2 heterocycles. The van der Waals surface area contributed by atoms with Gasteiger partial charge in [0.05, 0.1) is 17.4 Å². The number of aromatic amines is 1. The van der Waals surface area contributed by atoms with Crippen molar-refractivity contribution >= 4 is 28.6 Å². The number of benzene rings is 3. The van der Waals surface area contributed by atoms with Crippen molar-refractivity contribution in [3.8, 4) is 0 Å². The van der Waals surface area contributed by atoms with Gasteiger partial charge >= 0.3 is 0 Å². The maximum Gasteiger partial charge on any atom is 0.258 e. The largest absolute Gasteiger partial charge is 0.339 e. The topological polar surface area (TPSA) is 69.3 Å². The number of carbonyl (C=O) groups is 1. The van der Waals surface area contributed by atoms with Gasteiger partial charge in [-0.05, 0) is 29.8 Å². The average molecular weight is 471 g/mol. The molecule has 172 valence electrons. The number of thioether (sulfide) groups is 1. The van der Waals surface area contributed by atoms with E-state index in [1.54, 1.807) is 17.8 Å². The van der Waals surface area contributed by atoms with Crippen molar-refractivity contribution in [3.63, 3.8) is 0 Å². The third-order valence-electron chi connectivity index (χ3n) is 6.04. The van der Waals surface area contributed by atoms with Gasteiger partial charge in [0, 0.05) is 31.1 Å². The molecule has 1 aromatic heterocycles. The van der Waals surface area contributed by atoms with Gasteiger partial charge in [-0.25, -0.2) is 4.98 Å². The van der Waals surface area contributed by atoms with Crippen LogP contribution in [0, 0.1) is 0 Å². The number of amides is 1. The lowest BCUT2D eigenvalue weighted by Gasteiger charge is -2.36. The van der Waals surface area contributed by atoms with Crippen LogP contribution in [0.1, 0.15) is 16.6 Å². The Balaban J connectivity index is 1.26. The number of aromatic nitrogens is 2. The Hall–Kier alpha value is -3.42. The maximum absolute atomic E-state index is 13.6. The summed E-state index contributed by atoms with van der Waals surface area (Å²) in [5.74, 6) is 0.794. The smallest absolute Gasteiger partial charge is 0.258 e. The van der Waals surface area contributed by atoms with E-state index < -0.39 is 0 Å². The number of nitrogens with one attached hydrogen (secondary N) is 1. The molecule has 0 aliphatic carbocycles. The van der Waals surface area contributed by atoms with Gasteiger partial charge in [0.2, 0.25) is 5.91 Å². The van der Waals surface area contributed by atoms with E-state index in [4.69, 9.17) is 0 Å². The zero-order chi connectivity index (χ0) is 23.3. The number of hydrogen-bond donors (Lipinski definition) is 1. The second-order valence-electron chi connectivity index (χ2n) is 8.35. The van der Waals surface area contributed by atoms with Gasteiger partial charge in [0.15, 0.2) is 0 Å². The molecule has 1 unspecified atom stereocenters. The van der Waals surface area contributed by atoms with Crippen LogP contribution >= 0.6 is 11.8 Å². The van der Waals surface area contributed by atoms with E-state index in [0.717, 1.165) is 23.5 Å². The van der Waals surface area contributed by atoms with Gasteiger partial charge in [-0.1, -0.05) is 60.7 Å². The first-order valence-electron chi connectivity index (χ1n) is 11.4. The van der Waals surface area contributed by atoms with Crippen LogP contribution < -0.4 is 5.56 Å². The molecular formula is C27H26N4O2S. The van der Waals surface area contributed by atoms with Gasteiger partial charge in [0.1, 0.15) is 11.1 Å². The summed E-state index contributed by atoms with van der Waals surface area (Å²) in [5.41, 5.74) is 1.61. The third kappa shape index (κ3) is 5.05. The molecule has 1 aliphatic rings. The van der Waals surface area contributed by atoms with Crippen LogP contribution in [-0.2, 0) is 11.3 Å². The SMILES string of the molecule is O=C(C(Sc1ccccc1)c1ccccc1)N1CCN(Cc2nc3ccccc3c(=O)[nH]2)CC1. The fourth-order valence-corrected chi connectivity index (χ4v) is 5.37. The van der Waals surface area contributed by atoms with Gasteiger partial charge in [-0.3, -0.25) is 14.5 Å². The molecule has 0 saturated carbocycles. The lowest BCUT2D eigenvalue weighted by molar-refractivity contribution is -0.132. The Morgan fingerprint density at radius 1 is 0.882 bits per heavy atom. The van der Waals surface area contributed by atoms with Crippen molar-refractivity contribution in [1.29, 1.82) is 0 Å². The van der Waals surface area contributed by atoms with Crippen molar-refractivity contribution in [3.05, 3.63) is 107 Å². The van der Waals surface area contributed by atoms with E-state index >= 15 is 0 Å². The maximum atomic E-state index is 13.6. The summed E-state index contributed by atoms with van der Waals surface area (Å²) in [7, 11) is 0. The molecule has 1 atom stereocenters. The molecule has 0 bridgehead atoms. The molecule has 5 rings (SSSR count). The number of carbonyl (C=O) groups excluding carboxylic acids is 1. The zero-order valence-electron chi connectivity index (χ0n) is 18.8. The summed E-state index contributed by atoms with van der Waals surface area (Å²) in [6.45, 7) is 3.33. The number of piperazine rings is 1. The first kappa shape index (κ1) is 22.4. The average Bonchev–Trinajstić information content (AvgIpc) is 2.88. The summed E-state index contributed by atoms with van der Waals surface area (Å²) in [6, 6.07) is 27.4. The predicted octanol–water partition coefficient (Wildman–Crippen LogP) is 4.10. The minimum absolute atomic E-state index is 0.113. The molecule has 1 aliphatic heterocycles. The van der Waals surface area contributed by atoms with Crippen molar-refractivity contribution in [1.82, 2.24) is 19.8 Å². The minimum Gasteiger partial charge on any atom is -0.339 e. The summed E-state index contributed by atoms with van der Waals surface area (Å²) in [5, 5.41) is 0.318. The summed E-state index contributed by atoms with van der Waals surface area (Å²) in [6.07, 6.45) is 0. The fraction of sp³-hybridized carbons (Fsp3) is 0.222. The molecule has 1 amide bonds. The van der Waals surface area contributed by atoms with E-state index in [1.807, 2.05) is 83.8 Å². The highest BCUT2D eigenvalue weighted by molar-refractivity contribution is 8.00. The monoisotopic (exact) mass is 470 g/mol. The Bertz CT molecular complexity index is 1320. The number of rotatable bonds is 6. The molecule has 0 spiro atoms.